The molecule has 12 nitrogen and oxygen atoms in total. The molecule has 15 heteroatoms. The first-order valence-corrected chi connectivity index (χ1v) is 11.8. The Hall–Kier alpha value is -2.65. The van der Waals surface area contributed by atoms with E-state index in [2.05, 4.69) is 20.5 Å². The number of aliphatic carboxylic acids is 1. The van der Waals surface area contributed by atoms with Crippen molar-refractivity contribution in [3.05, 3.63) is 17.0 Å². The van der Waals surface area contributed by atoms with Crippen LogP contribution in [0.4, 0.5) is 5.13 Å². The SMILES string of the molecule is Cc1nnc(SCC2(C(=O)O)CS[C@@H]3C(NC(=O)C(=O)c4csc(N)n4)C(=O)N3C2)o1. The Morgan fingerprint density at radius 3 is 2.84 bits per heavy atom. The fourth-order valence-corrected chi connectivity index (χ4v) is 6.37. The summed E-state index contributed by atoms with van der Waals surface area (Å²) < 4.78 is 5.27. The lowest BCUT2D eigenvalue weighted by molar-refractivity contribution is -0.157. The molecule has 2 aromatic heterocycles. The van der Waals surface area contributed by atoms with Crippen molar-refractivity contribution in [2.75, 3.05) is 23.8 Å². The van der Waals surface area contributed by atoms with E-state index in [1.807, 2.05) is 0 Å². The van der Waals surface area contributed by atoms with Gasteiger partial charge in [0.05, 0.1) is 0 Å². The maximum atomic E-state index is 12.6. The fourth-order valence-electron chi connectivity index (χ4n) is 3.16. The van der Waals surface area contributed by atoms with Crippen LogP contribution in [0.2, 0.25) is 0 Å². The van der Waals surface area contributed by atoms with Crippen LogP contribution in [0.25, 0.3) is 0 Å². The van der Waals surface area contributed by atoms with Crippen molar-refractivity contribution in [1.82, 2.24) is 25.4 Å². The monoisotopic (exact) mass is 484 g/mol. The van der Waals surface area contributed by atoms with E-state index in [4.69, 9.17) is 10.2 Å². The number of nitrogens with two attached hydrogens (primary N) is 1. The van der Waals surface area contributed by atoms with Crippen LogP contribution in [-0.2, 0) is 14.4 Å². The van der Waals surface area contributed by atoms with Crippen LogP contribution >= 0.6 is 34.9 Å². The van der Waals surface area contributed by atoms with E-state index >= 15 is 0 Å². The van der Waals surface area contributed by atoms with Gasteiger partial charge in [0.2, 0.25) is 11.8 Å². The van der Waals surface area contributed by atoms with Crippen LogP contribution in [-0.4, -0.2) is 78.2 Å². The summed E-state index contributed by atoms with van der Waals surface area (Å²) in [5.74, 6) is -2.61. The van der Waals surface area contributed by atoms with Crippen molar-refractivity contribution in [2.24, 2.45) is 5.41 Å². The Bertz CT molecular complexity index is 1070. The molecule has 2 amide bonds. The number of rotatable bonds is 7. The van der Waals surface area contributed by atoms with Gasteiger partial charge in [-0.05, 0) is 0 Å². The number of carboxylic acid groups (broad SMARTS) is 1. The molecule has 2 aliphatic rings. The van der Waals surface area contributed by atoms with E-state index in [0.29, 0.717) is 5.89 Å². The number of hydrogen-bond donors (Lipinski definition) is 3. The summed E-state index contributed by atoms with van der Waals surface area (Å²) in [5.41, 5.74) is 4.17. The highest BCUT2D eigenvalue weighted by Gasteiger charge is 2.57. The quantitative estimate of drug-likeness (QED) is 0.205. The van der Waals surface area contributed by atoms with Gasteiger partial charge in [0, 0.05) is 30.4 Å². The average molecular weight is 485 g/mol. The molecule has 0 aromatic carbocycles. The topological polar surface area (TPSA) is 182 Å². The Morgan fingerprint density at radius 2 is 2.23 bits per heavy atom. The van der Waals surface area contributed by atoms with E-state index in [1.54, 1.807) is 6.92 Å². The molecule has 2 fully saturated rings. The van der Waals surface area contributed by atoms with Crippen molar-refractivity contribution in [1.29, 1.82) is 0 Å². The number of Topliss-reactive ketones (excluding diaryl/α,β-unsaturated/α-hetero) is 1. The molecular weight excluding hydrogens is 468 g/mol. The average Bonchev–Trinajstić information content (AvgIpc) is 3.37. The third-order valence-corrected chi connectivity index (χ3v) is 8.20. The van der Waals surface area contributed by atoms with Crippen molar-refractivity contribution in [3.63, 3.8) is 0 Å². The summed E-state index contributed by atoms with van der Waals surface area (Å²) in [6.07, 6.45) is 0. The Morgan fingerprint density at radius 1 is 1.45 bits per heavy atom. The second kappa shape index (κ2) is 8.12. The summed E-state index contributed by atoms with van der Waals surface area (Å²) in [4.78, 5) is 54.2. The lowest BCUT2D eigenvalue weighted by Gasteiger charge is -2.53. The van der Waals surface area contributed by atoms with Gasteiger partial charge in [-0.25, -0.2) is 4.98 Å². The van der Waals surface area contributed by atoms with Gasteiger partial charge in [0.1, 0.15) is 22.5 Å². The maximum absolute atomic E-state index is 12.6. The number of thioether (sulfide) groups is 2. The highest BCUT2D eigenvalue weighted by molar-refractivity contribution is 8.00. The van der Waals surface area contributed by atoms with Gasteiger partial charge in [-0.1, -0.05) is 11.8 Å². The molecule has 2 unspecified atom stereocenters. The van der Waals surface area contributed by atoms with Crippen LogP contribution in [0.3, 0.4) is 0 Å². The Balaban J connectivity index is 1.39. The standard InChI is InChI=1S/C16H16N6O6S3/c1-6-20-21-15(28-6)31-5-16(13(26)27)3-22-11(25)8(12(22)30-4-16)19-10(24)9(23)7-2-29-14(17)18-7/h2,8,12H,3-5H2,1H3,(H2,17,18)(H,19,24)(H,26,27)/t8?,12-,16?/m1/s1. The van der Waals surface area contributed by atoms with Gasteiger partial charge in [-0.2, -0.15) is 0 Å². The molecule has 2 saturated heterocycles. The molecule has 0 saturated carbocycles. The van der Waals surface area contributed by atoms with E-state index in [0.717, 1.165) is 23.1 Å². The van der Waals surface area contributed by atoms with Crippen LogP contribution in [0.1, 0.15) is 16.4 Å². The predicted molar refractivity (Wildman–Crippen MR) is 111 cm³/mol. The van der Waals surface area contributed by atoms with Crippen LogP contribution in [0.15, 0.2) is 15.0 Å². The van der Waals surface area contributed by atoms with Gasteiger partial charge in [0.15, 0.2) is 5.13 Å². The van der Waals surface area contributed by atoms with Gasteiger partial charge >= 0.3 is 5.97 Å². The molecule has 3 atom stereocenters. The molecule has 2 aliphatic heterocycles. The molecule has 4 rings (SSSR count). The molecule has 31 heavy (non-hydrogen) atoms. The minimum absolute atomic E-state index is 0.0259. The summed E-state index contributed by atoms with van der Waals surface area (Å²) in [5, 5.41) is 21.1. The Kier molecular flexibility index (Phi) is 5.65. The molecule has 4 N–H and O–H groups in total. The zero-order valence-corrected chi connectivity index (χ0v) is 18.4. The number of aromatic nitrogens is 3. The van der Waals surface area contributed by atoms with E-state index in [9.17, 15) is 24.3 Å². The number of anilines is 1. The van der Waals surface area contributed by atoms with Gasteiger partial charge < -0.3 is 25.5 Å². The van der Waals surface area contributed by atoms with Crippen molar-refractivity contribution < 1.29 is 28.7 Å². The number of amides is 2. The number of nitrogens with zero attached hydrogens (tertiary/aromatic N) is 4. The molecular formula is C16H16N6O6S3. The zero-order chi connectivity index (χ0) is 22.3. The maximum Gasteiger partial charge on any atom is 0.313 e. The number of ketones is 1. The van der Waals surface area contributed by atoms with E-state index in [1.165, 1.54) is 22.0 Å². The van der Waals surface area contributed by atoms with Crippen LogP contribution < -0.4 is 11.1 Å². The molecule has 0 aliphatic carbocycles. The fraction of sp³-hybridized carbons (Fsp3) is 0.438. The van der Waals surface area contributed by atoms with E-state index in [-0.39, 0.29) is 34.1 Å². The predicted octanol–water partition coefficient (Wildman–Crippen LogP) is -0.137. The van der Waals surface area contributed by atoms with E-state index < -0.39 is 40.4 Å². The minimum atomic E-state index is -1.22. The van der Waals surface area contributed by atoms with Crippen LogP contribution in [0, 0.1) is 12.3 Å². The largest absolute Gasteiger partial charge is 0.481 e. The number of β-lactam (4-membered cyclic amide) rings is 1. The number of fused-ring (bicyclic) bond motifs is 1. The number of carbonyl (C=O) groups is 4. The third-order valence-electron chi connectivity index (χ3n) is 4.83. The lowest BCUT2D eigenvalue weighted by Crippen LogP contribution is -2.74. The Labute approximate surface area is 187 Å². The van der Waals surface area contributed by atoms with Crippen molar-refractivity contribution in [3.8, 4) is 0 Å². The van der Waals surface area contributed by atoms with Gasteiger partial charge in [0.25, 0.3) is 16.9 Å². The number of aryl methyl sites for hydroxylation is 1. The van der Waals surface area contributed by atoms with Crippen LogP contribution in [0.5, 0.6) is 0 Å². The smallest absolute Gasteiger partial charge is 0.313 e. The number of carbonyl (C=O) groups excluding carboxylic acids is 3. The summed E-state index contributed by atoms with van der Waals surface area (Å²) in [6, 6.07) is -0.907. The number of nitrogen functional groups attached to an aromatic ring is 1. The first-order valence-electron chi connectivity index (χ1n) is 8.85. The summed E-state index contributed by atoms with van der Waals surface area (Å²) in [7, 11) is 0. The molecule has 0 bridgehead atoms. The third kappa shape index (κ3) is 3.99. The highest BCUT2D eigenvalue weighted by atomic mass is 32.2. The number of hydrogen-bond acceptors (Lipinski definition) is 12. The first-order chi connectivity index (χ1) is 14.7. The van der Waals surface area contributed by atoms with Gasteiger partial charge in [-0.15, -0.1) is 33.3 Å². The minimum Gasteiger partial charge on any atom is -0.481 e. The molecule has 0 spiro atoms. The second-order valence-corrected chi connectivity index (χ2v) is 9.90. The molecule has 0 radical (unpaired) electrons. The normalized spacial score (nSPS) is 24.9. The number of carboxylic acids is 1. The highest BCUT2D eigenvalue weighted by Crippen LogP contribution is 2.44. The summed E-state index contributed by atoms with van der Waals surface area (Å²) >= 11 is 3.38. The lowest BCUT2D eigenvalue weighted by atomic mass is 9.89. The molecule has 4 heterocycles. The first kappa shape index (κ1) is 21.6. The molecule has 164 valence electrons. The molecule has 2 aromatic rings. The second-order valence-electron chi connectivity index (χ2n) is 6.98. The van der Waals surface area contributed by atoms with Crippen molar-refractivity contribution in [2.45, 2.75) is 23.6 Å². The zero-order valence-electron chi connectivity index (χ0n) is 15.9. The summed E-state index contributed by atoms with van der Waals surface area (Å²) in [6.45, 7) is 1.61. The van der Waals surface area contributed by atoms with Gasteiger partial charge in [-0.3, -0.25) is 19.2 Å². The number of nitrogens with one attached hydrogen (secondary N) is 1. The number of thiazole rings is 1. The van der Waals surface area contributed by atoms with Crippen molar-refractivity contribution >= 4 is 63.6 Å².